The summed E-state index contributed by atoms with van der Waals surface area (Å²) < 4.78 is 5.32. The number of carbonyl (C=O) groups excluding carboxylic acids is 1. The molecule has 1 atom stereocenters. The Morgan fingerprint density at radius 2 is 2.21 bits per heavy atom. The molecule has 0 unspecified atom stereocenters. The van der Waals surface area contributed by atoms with Crippen LogP contribution in [0.15, 0.2) is 10.9 Å². The minimum absolute atomic E-state index is 0.245. The Morgan fingerprint density at radius 3 is 3.00 bits per heavy atom. The number of nitrogens with one attached hydrogen (secondary N) is 2. The summed E-state index contributed by atoms with van der Waals surface area (Å²) in [6, 6.07) is 1.79. The third-order valence-electron chi connectivity index (χ3n) is 4.96. The predicted octanol–water partition coefficient (Wildman–Crippen LogP) is 0.952. The minimum atomic E-state index is -0.269. The van der Waals surface area contributed by atoms with Crippen molar-refractivity contribution in [2.75, 3.05) is 39.4 Å². The van der Waals surface area contributed by atoms with Crippen LogP contribution in [-0.4, -0.2) is 55.2 Å². The normalized spacial score (nSPS) is 21.3. The van der Waals surface area contributed by atoms with Gasteiger partial charge in [-0.05, 0) is 49.8 Å². The Hall–Kier alpha value is -1.66. The van der Waals surface area contributed by atoms with Crippen molar-refractivity contribution in [3.8, 4) is 0 Å². The van der Waals surface area contributed by atoms with Crippen LogP contribution in [0.2, 0.25) is 0 Å². The molecule has 0 saturated carbocycles. The molecule has 3 rings (SSSR count). The fourth-order valence-corrected chi connectivity index (χ4v) is 3.48. The highest BCUT2D eigenvalue weighted by atomic mass is 16.5. The molecule has 132 valence electrons. The molecule has 6 nitrogen and oxygen atoms in total. The van der Waals surface area contributed by atoms with Crippen molar-refractivity contribution in [3.05, 3.63) is 33.2 Å². The average molecular weight is 333 g/mol. The summed E-state index contributed by atoms with van der Waals surface area (Å²) in [6.07, 6.45) is 3.80. The summed E-state index contributed by atoms with van der Waals surface area (Å²) in [6.45, 7) is 7.22. The summed E-state index contributed by atoms with van der Waals surface area (Å²) in [5, 5.41) is 2.88. The second kappa shape index (κ2) is 7.94. The first-order valence-electron chi connectivity index (χ1n) is 8.97. The van der Waals surface area contributed by atoms with Crippen molar-refractivity contribution >= 4 is 5.91 Å². The number of fused-ring (bicyclic) bond motifs is 1. The topological polar surface area (TPSA) is 74.4 Å². The quantitative estimate of drug-likeness (QED) is 0.787. The zero-order valence-electron chi connectivity index (χ0n) is 14.4. The van der Waals surface area contributed by atoms with Crippen molar-refractivity contribution in [3.63, 3.8) is 0 Å². The second-order valence-corrected chi connectivity index (χ2v) is 6.93. The number of aromatic amines is 1. The van der Waals surface area contributed by atoms with Gasteiger partial charge >= 0.3 is 0 Å². The van der Waals surface area contributed by atoms with E-state index in [1.807, 2.05) is 0 Å². The van der Waals surface area contributed by atoms with Crippen molar-refractivity contribution in [1.82, 2.24) is 15.2 Å². The molecule has 0 radical (unpaired) electrons. The number of hydrogen-bond donors (Lipinski definition) is 2. The Morgan fingerprint density at radius 1 is 1.42 bits per heavy atom. The van der Waals surface area contributed by atoms with E-state index >= 15 is 0 Å². The molecule has 2 N–H and O–H groups in total. The van der Waals surface area contributed by atoms with Crippen LogP contribution in [0.25, 0.3) is 0 Å². The highest BCUT2D eigenvalue weighted by Gasteiger charge is 2.20. The van der Waals surface area contributed by atoms with E-state index in [2.05, 4.69) is 22.1 Å². The largest absolute Gasteiger partial charge is 0.379 e. The molecule has 1 aromatic heterocycles. The summed E-state index contributed by atoms with van der Waals surface area (Å²) in [5.74, 6) is 0.340. The number of hydrogen-bond acceptors (Lipinski definition) is 4. The number of pyridine rings is 1. The van der Waals surface area contributed by atoms with Gasteiger partial charge < -0.3 is 15.0 Å². The molecule has 0 aromatic carbocycles. The molecule has 1 aliphatic carbocycles. The number of H-pyrrole nitrogens is 1. The van der Waals surface area contributed by atoms with Gasteiger partial charge in [-0.1, -0.05) is 6.92 Å². The van der Waals surface area contributed by atoms with E-state index < -0.39 is 0 Å². The summed E-state index contributed by atoms with van der Waals surface area (Å²) in [4.78, 5) is 29.7. The SMILES string of the molecule is C[C@H]1CCc2[nH]c(=O)c(C(=O)NCCCN3CCOCC3)cc2C1. The van der Waals surface area contributed by atoms with Crippen molar-refractivity contribution in [1.29, 1.82) is 0 Å². The van der Waals surface area contributed by atoms with Crippen LogP contribution in [0.4, 0.5) is 0 Å². The number of nitrogens with zero attached hydrogens (tertiary/aromatic N) is 1. The van der Waals surface area contributed by atoms with Crippen LogP contribution in [0.5, 0.6) is 0 Å². The first-order valence-corrected chi connectivity index (χ1v) is 8.97. The van der Waals surface area contributed by atoms with Crippen LogP contribution in [0.3, 0.4) is 0 Å². The minimum Gasteiger partial charge on any atom is -0.379 e. The van der Waals surface area contributed by atoms with Crippen LogP contribution in [0, 0.1) is 5.92 Å². The molecule has 24 heavy (non-hydrogen) atoms. The van der Waals surface area contributed by atoms with E-state index in [1.54, 1.807) is 6.07 Å². The van der Waals surface area contributed by atoms with Gasteiger partial charge in [-0.2, -0.15) is 0 Å². The maximum atomic E-state index is 12.3. The van der Waals surface area contributed by atoms with E-state index in [0.717, 1.165) is 69.8 Å². The van der Waals surface area contributed by atoms with Gasteiger partial charge in [-0.3, -0.25) is 14.5 Å². The lowest BCUT2D eigenvalue weighted by Crippen LogP contribution is -2.38. The highest BCUT2D eigenvalue weighted by molar-refractivity contribution is 5.94. The molecular formula is C18H27N3O3. The van der Waals surface area contributed by atoms with E-state index in [-0.39, 0.29) is 17.0 Å². The average Bonchev–Trinajstić information content (AvgIpc) is 2.59. The molecule has 0 bridgehead atoms. The number of aromatic nitrogens is 1. The monoisotopic (exact) mass is 333 g/mol. The van der Waals surface area contributed by atoms with Gasteiger partial charge in [0, 0.05) is 25.3 Å². The first kappa shape index (κ1) is 17.2. The van der Waals surface area contributed by atoms with Crippen molar-refractivity contribution < 1.29 is 9.53 Å². The lowest BCUT2D eigenvalue weighted by molar-refractivity contribution is 0.0374. The molecule has 1 fully saturated rings. The Kier molecular flexibility index (Phi) is 5.68. The number of morpholine rings is 1. The van der Waals surface area contributed by atoms with E-state index in [9.17, 15) is 9.59 Å². The Labute approximate surface area is 142 Å². The summed E-state index contributed by atoms with van der Waals surface area (Å²) in [7, 11) is 0. The molecular weight excluding hydrogens is 306 g/mol. The summed E-state index contributed by atoms with van der Waals surface area (Å²) >= 11 is 0. The van der Waals surface area contributed by atoms with Gasteiger partial charge in [0.15, 0.2) is 0 Å². The molecule has 1 saturated heterocycles. The van der Waals surface area contributed by atoms with Crippen LogP contribution in [-0.2, 0) is 17.6 Å². The molecule has 0 spiro atoms. The fourth-order valence-electron chi connectivity index (χ4n) is 3.48. The molecule has 1 amide bonds. The second-order valence-electron chi connectivity index (χ2n) is 6.93. The maximum absolute atomic E-state index is 12.3. The summed E-state index contributed by atoms with van der Waals surface area (Å²) in [5.41, 5.74) is 2.09. The highest BCUT2D eigenvalue weighted by Crippen LogP contribution is 2.23. The van der Waals surface area contributed by atoms with Gasteiger partial charge in [0.25, 0.3) is 11.5 Å². The molecule has 1 aromatic rings. The fraction of sp³-hybridized carbons (Fsp3) is 0.667. The number of amides is 1. The number of ether oxygens (including phenoxy) is 1. The zero-order valence-corrected chi connectivity index (χ0v) is 14.4. The zero-order chi connectivity index (χ0) is 16.9. The Bertz CT molecular complexity index is 635. The van der Waals surface area contributed by atoms with Crippen molar-refractivity contribution in [2.45, 2.75) is 32.6 Å². The van der Waals surface area contributed by atoms with E-state index in [1.165, 1.54) is 0 Å². The molecule has 2 heterocycles. The van der Waals surface area contributed by atoms with E-state index in [0.29, 0.717) is 12.5 Å². The van der Waals surface area contributed by atoms with Gasteiger partial charge in [-0.25, -0.2) is 0 Å². The molecule has 2 aliphatic rings. The van der Waals surface area contributed by atoms with Crippen molar-refractivity contribution in [2.24, 2.45) is 5.92 Å². The van der Waals surface area contributed by atoms with Crippen LogP contribution in [0.1, 0.15) is 41.4 Å². The number of carbonyl (C=O) groups is 1. The number of rotatable bonds is 5. The third-order valence-corrected chi connectivity index (χ3v) is 4.96. The van der Waals surface area contributed by atoms with Gasteiger partial charge in [0.05, 0.1) is 13.2 Å². The first-order chi connectivity index (χ1) is 11.6. The van der Waals surface area contributed by atoms with Crippen LogP contribution < -0.4 is 10.9 Å². The predicted molar refractivity (Wildman–Crippen MR) is 92.5 cm³/mol. The van der Waals surface area contributed by atoms with Crippen LogP contribution >= 0.6 is 0 Å². The van der Waals surface area contributed by atoms with Gasteiger partial charge in [0.2, 0.25) is 0 Å². The smallest absolute Gasteiger partial charge is 0.261 e. The molecule has 6 heteroatoms. The maximum Gasteiger partial charge on any atom is 0.261 e. The number of aryl methyl sites for hydroxylation is 1. The lowest BCUT2D eigenvalue weighted by Gasteiger charge is -2.26. The van der Waals surface area contributed by atoms with Gasteiger partial charge in [0.1, 0.15) is 5.56 Å². The standard InChI is InChI=1S/C18H27N3O3/c1-13-3-4-16-14(11-13)12-15(18(23)20-16)17(22)19-5-2-6-21-7-9-24-10-8-21/h12-13H,2-11H2,1H3,(H,19,22)(H,20,23)/t13-/m0/s1. The van der Waals surface area contributed by atoms with E-state index in [4.69, 9.17) is 4.74 Å². The third kappa shape index (κ3) is 4.24. The lowest BCUT2D eigenvalue weighted by atomic mass is 9.87. The Balaban J connectivity index is 1.53. The van der Waals surface area contributed by atoms with Gasteiger partial charge in [-0.15, -0.1) is 0 Å². The molecule has 1 aliphatic heterocycles.